The first-order valence-electron chi connectivity index (χ1n) is 13.2. The summed E-state index contributed by atoms with van der Waals surface area (Å²) in [6, 6.07) is 0. The van der Waals surface area contributed by atoms with Crippen molar-refractivity contribution in [2.45, 2.75) is 111 Å². The van der Waals surface area contributed by atoms with Gasteiger partial charge >= 0.3 is 0 Å². The summed E-state index contributed by atoms with van der Waals surface area (Å²) in [6.45, 7) is 18.2. The van der Waals surface area contributed by atoms with Crippen LogP contribution in [-0.4, -0.2) is 27.7 Å². The summed E-state index contributed by atoms with van der Waals surface area (Å²) in [4.78, 5) is 13.5. The third-order valence-electron chi connectivity index (χ3n) is 11.0. The summed E-state index contributed by atoms with van der Waals surface area (Å²) < 4.78 is 0. The second kappa shape index (κ2) is 8.08. The number of hydrogen-bond acceptors (Lipinski definition) is 3. The molecule has 0 aliphatic heterocycles. The Labute approximate surface area is 195 Å². The van der Waals surface area contributed by atoms with E-state index >= 15 is 0 Å². The van der Waals surface area contributed by atoms with Gasteiger partial charge < -0.3 is 10.2 Å². The molecule has 2 saturated carbocycles. The predicted molar refractivity (Wildman–Crippen MR) is 130 cm³/mol. The first kappa shape index (κ1) is 24.2. The lowest BCUT2D eigenvalue weighted by Crippen LogP contribution is -2.58. The molecule has 4 rings (SSSR count). The molecule has 0 radical (unpaired) electrons. The van der Waals surface area contributed by atoms with Gasteiger partial charge in [-0.25, -0.2) is 0 Å². The minimum Gasteiger partial charge on any atom is -0.389 e. The monoisotopic (exact) mass is 442 g/mol. The molecule has 0 aromatic rings. The molecule has 4 aliphatic rings. The molecule has 32 heavy (non-hydrogen) atoms. The van der Waals surface area contributed by atoms with E-state index in [1.54, 1.807) is 0 Å². The molecule has 180 valence electrons. The molecule has 3 heteroatoms. The fraction of sp³-hybridized carbons (Fsp3) is 0.828. The topological polar surface area (TPSA) is 57.5 Å². The molecular weight excluding hydrogens is 396 g/mol. The minimum atomic E-state index is -0.952. The van der Waals surface area contributed by atoms with Crippen molar-refractivity contribution < 1.29 is 15.0 Å². The Hall–Kier alpha value is -0.930. The van der Waals surface area contributed by atoms with Crippen LogP contribution in [0, 0.1) is 40.4 Å². The summed E-state index contributed by atoms with van der Waals surface area (Å²) in [6.07, 6.45) is 7.24. The van der Waals surface area contributed by atoms with Gasteiger partial charge in [-0.15, -0.1) is 0 Å². The SMILES string of the molecule is C=C1C(O)CCC2(C)C1CC1=C3C(C)(CCC32O)C(C(C)CCC(C)C(C)C)CCC1=O. The number of ketones is 1. The maximum absolute atomic E-state index is 13.5. The van der Waals surface area contributed by atoms with Crippen molar-refractivity contribution >= 4 is 5.78 Å². The molecule has 0 heterocycles. The van der Waals surface area contributed by atoms with E-state index in [0.29, 0.717) is 42.9 Å². The molecule has 4 aliphatic carbocycles. The van der Waals surface area contributed by atoms with Crippen LogP contribution < -0.4 is 0 Å². The zero-order valence-electron chi connectivity index (χ0n) is 21.3. The normalized spacial score (nSPS) is 43.7. The molecule has 0 bridgehead atoms. The fourth-order valence-electron chi connectivity index (χ4n) is 8.28. The maximum Gasteiger partial charge on any atom is 0.158 e. The molecule has 8 atom stereocenters. The largest absolute Gasteiger partial charge is 0.389 e. The average molecular weight is 443 g/mol. The first-order chi connectivity index (χ1) is 14.9. The Morgan fingerprint density at radius 1 is 1.06 bits per heavy atom. The fourth-order valence-corrected chi connectivity index (χ4v) is 8.28. The number of carbonyl (C=O) groups excluding carboxylic acids is 1. The van der Waals surface area contributed by atoms with Gasteiger partial charge in [0.1, 0.15) is 0 Å². The highest BCUT2D eigenvalue weighted by Crippen LogP contribution is 2.70. The summed E-state index contributed by atoms with van der Waals surface area (Å²) in [5.41, 5.74) is 1.43. The van der Waals surface area contributed by atoms with Crippen LogP contribution in [0.5, 0.6) is 0 Å². The van der Waals surface area contributed by atoms with Crippen molar-refractivity contribution in [3.05, 3.63) is 23.3 Å². The van der Waals surface area contributed by atoms with Gasteiger partial charge in [0.25, 0.3) is 0 Å². The highest BCUT2D eigenvalue weighted by molar-refractivity contribution is 5.97. The van der Waals surface area contributed by atoms with Gasteiger partial charge in [-0.1, -0.05) is 61.0 Å². The lowest BCUT2D eigenvalue weighted by atomic mass is 9.49. The van der Waals surface area contributed by atoms with Gasteiger partial charge in [-0.05, 0) is 90.2 Å². The van der Waals surface area contributed by atoms with E-state index in [1.165, 1.54) is 12.8 Å². The lowest BCUT2D eigenvalue weighted by molar-refractivity contribution is -0.121. The van der Waals surface area contributed by atoms with Gasteiger partial charge in [0.15, 0.2) is 5.78 Å². The summed E-state index contributed by atoms with van der Waals surface area (Å²) in [5, 5.41) is 23.0. The summed E-state index contributed by atoms with van der Waals surface area (Å²) in [5.74, 6) is 2.61. The van der Waals surface area contributed by atoms with Crippen LogP contribution in [-0.2, 0) is 4.79 Å². The molecule has 0 saturated heterocycles. The zero-order valence-corrected chi connectivity index (χ0v) is 21.3. The van der Waals surface area contributed by atoms with Crippen LogP contribution >= 0.6 is 0 Å². The molecule has 0 amide bonds. The summed E-state index contributed by atoms with van der Waals surface area (Å²) >= 11 is 0. The van der Waals surface area contributed by atoms with Crippen LogP contribution in [0.25, 0.3) is 0 Å². The number of aliphatic hydroxyl groups excluding tert-OH is 1. The molecule has 2 fully saturated rings. The molecule has 2 N–H and O–H groups in total. The van der Waals surface area contributed by atoms with Crippen LogP contribution in [0.1, 0.15) is 99.3 Å². The van der Waals surface area contributed by atoms with Crippen LogP contribution in [0.2, 0.25) is 0 Å². The lowest BCUT2D eigenvalue weighted by Gasteiger charge is -2.58. The van der Waals surface area contributed by atoms with Gasteiger partial charge in [-0.2, -0.15) is 0 Å². The van der Waals surface area contributed by atoms with E-state index in [4.69, 9.17) is 0 Å². The van der Waals surface area contributed by atoms with E-state index in [-0.39, 0.29) is 22.5 Å². The molecule has 0 aromatic heterocycles. The van der Waals surface area contributed by atoms with Crippen molar-refractivity contribution in [3.63, 3.8) is 0 Å². The molecule has 8 unspecified atom stereocenters. The van der Waals surface area contributed by atoms with E-state index in [2.05, 4.69) is 48.1 Å². The maximum atomic E-state index is 13.5. The van der Waals surface area contributed by atoms with Crippen molar-refractivity contribution in [2.75, 3.05) is 0 Å². The smallest absolute Gasteiger partial charge is 0.158 e. The number of hydrogen-bond donors (Lipinski definition) is 2. The quantitative estimate of drug-likeness (QED) is 0.496. The third kappa shape index (κ3) is 3.32. The van der Waals surface area contributed by atoms with Crippen molar-refractivity contribution in [1.82, 2.24) is 0 Å². The van der Waals surface area contributed by atoms with Crippen molar-refractivity contribution in [3.8, 4) is 0 Å². The van der Waals surface area contributed by atoms with E-state index in [0.717, 1.165) is 42.4 Å². The van der Waals surface area contributed by atoms with Gasteiger partial charge in [0.2, 0.25) is 0 Å². The first-order valence-corrected chi connectivity index (χ1v) is 13.2. The minimum absolute atomic E-state index is 0.0119. The van der Waals surface area contributed by atoms with Crippen LogP contribution in [0.15, 0.2) is 23.3 Å². The molecule has 3 nitrogen and oxygen atoms in total. The van der Waals surface area contributed by atoms with Gasteiger partial charge in [-0.3, -0.25) is 4.79 Å². The number of allylic oxidation sites excluding steroid dienone is 1. The molecule has 0 aromatic carbocycles. The van der Waals surface area contributed by atoms with Crippen molar-refractivity contribution in [2.24, 2.45) is 40.4 Å². The number of rotatable bonds is 5. The highest BCUT2D eigenvalue weighted by atomic mass is 16.3. The number of aliphatic hydroxyl groups is 2. The Morgan fingerprint density at radius 3 is 2.41 bits per heavy atom. The Morgan fingerprint density at radius 2 is 1.75 bits per heavy atom. The Bertz CT molecular complexity index is 824. The number of Topliss-reactive ketones (excluding diaryl/α,β-unsaturated/α-hetero) is 1. The van der Waals surface area contributed by atoms with E-state index < -0.39 is 11.7 Å². The van der Waals surface area contributed by atoms with Crippen molar-refractivity contribution in [1.29, 1.82) is 0 Å². The number of carbonyl (C=O) groups is 1. The molecular formula is C29H46O3. The van der Waals surface area contributed by atoms with Crippen LogP contribution in [0.4, 0.5) is 0 Å². The third-order valence-corrected chi connectivity index (χ3v) is 11.0. The van der Waals surface area contributed by atoms with Gasteiger partial charge in [0.05, 0.1) is 11.7 Å². The Balaban J connectivity index is 1.74. The average Bonchev–Trinajstić information content (AvgIpc) is 2.96. The van der Waals surface area contributed by atoms with E-state index in [9.17, 15) is 15.0 Å². The predicted octanol–water partition coefficient (Wildman–Crippen LogP) is 6.24. The zero-order chi connectivity index (χ0) is 23.6. The summed E-state index contributed by atoms with van der Waals surface area (Å²) in [7, 11) is 0. The van der Waals surface area contributed by atoms with E-state index in [1.807, 2.05) is 0 Å². The Kier molecular flexibility index (Phi) is 6.11. The highest BCUT2D eigenvalue weighted by Gasteiger charge is 2.67. The second-order valence-electron chi connectivity index (χ2n) is 12.8. The van der Waals surface area contributed by atoms with Crippen LogP contribution in [0.3, 0.4) is 0 Å². The standard InChI is InChI=1S/C29H46O3/c1-17(2)18(3)8-9-19(4)22-10-11-25(31)21-16-23-20(5)24(30)12-13-28(23,7)29(32)15-14-27(22,6)26(21)29/h17-19,22-24,30,32H,5,8-16H2,1-4,6-7H3. The second-order valence-corrected chi connectivity index (χ2v) is 12.8. The van der Waals surface area contributed by atoms with Gasteiger partial charge in [0, 0.05) is 11.8 Å². The molecule has 0 spiro atoms. The number of fused-ring (bicyclic) bond motifs is 2.